The third-order valence-corrected chi connectivity index (χ3v) is 5.13. The Bertz CT molecular complexity index is 848. The van der Waals surface area contributed by atoms with Gasteiger partial charge in [0.1, 0.15) is 5.75 Å². The number of nitrogens with zero attached hydrogens (tertiary/aromatic N) is 4. The van der Waals surface area contributed by atoms with Crippen LogP contribution in [-0.2, 0) is 6.54 Å². The predicted molar refractivity (Wildman–Crippen MR) is 97.6 cm³/mol. The summed E-state index contributed by atoms with van der Waals surface area (Å²) in [7, 11) is 1.60. The van der Waals surface area contributed by atoms with Gasteiger partial charge in [-0.05, 0) is 60.7 Å². The molecule has 1 aromatic carbocycles. The maximum atomic E-state index is 12.5. The molecule has 2 aromatic rings. The van der Waals surface area contributed by atoms with E-state index < -0.39 is 0 Å². The van der Waals surface area contributed by atoms with E-state index in [1.807, 2.05) is 18.2 Å². The maximum Gasteiger partial charge on any atom is 0.251 e. The Kier molecular flexibility index (Phi) is 5.26. The number of rotatable bonds is 5. The van der Waals surface area contributed by atoms with E-state index in [1.165, 1.54) is 0 Å². The maximum absolute atomic E-state index is 12.5. The molecule has 0 aliphatic heterocycles. The van der Waals surface area contributed by atoms with Gasteiger partial charge in [0.25, 0.3) is 5.56 Å². The molecule has 0 spiro atoms. The summed E-state index contributed by atoms with van der Waals surface area (Å²) >= 11 is 0. The molecule has 1 atom stereocenters. The van der Waals surface area contributed by atoms with E-state index in [0.29, 0.717) is 12.3 Å². The molecule has 1 aliphatic carbocycles. The molecular weight excluding hydrogens is 318 g/mol. The average Bonchev–Trinajstić information content (AvgIpc) is 2.63. The lowest BCUT2D eigenvalue weighted by Gasteiger charge is -2.30. The van der Waals surface area contributed by atoms with Crippen LogP contribution in [0.3, 0.4) is 0 Å². The van der Waals surface area contributed by atoms with Gasteiger partial charge in [0.15, 0.2) is 0 Å². The van der Waals surface area contributed by atoms with Gasteiger partial charge in [-0.1, -0.05) is 5.11 Å². The number of fused-ring (bicyclic) bond motifs is 1. The minimum absolute atomic E-state index is 0.105. The van der Waals surface area contributed by atoms with Gasteiger partial charge in [0.2, 0.25) is 0 Å². The highest BCUT2D eigenvalue weighted by Crippen LogP contribution is 2.29. The number of methoxy groups -OCH3 is 1. The number of azide groups is 1. The lowest BCUT2D eigenvalue weighted by atomic mass is 9.82. The topological polar surface area (TPSA) is 106 Å². The van der Waals surface area contributed by atoms with Crippen molar-refractivity contribution in [3.05, 3.63) is 51.1 Å². The van der Waals surface area contributed by atoms with E-state index in [9.17, 15) is 4.79 Å². The van der Waals surface area contributed by atoms with Gasteiger partial charge >= 0.3 is 0 Å². The van der Waals surface area contributed by atoms with Crippen LogP contribution in [0.4, 0.5) is 0 Å². The third-order valence-electron chi connectivity index (χ3n) is 5.13. The highest BCUT2D eigenvalue weighted by molar-refractivity contribution is 5.80. The van der Waals surface area contributed by atoms with E-state index in [-0.39, 0.29) is 23.6 Å². The molecule has 1 heterocycles. The van der Waals surface area contributed by atoms with Crippen LogP contribution in [0.2, 0.25) is 0 Å². The second-order valence-corrected chi connectivity index (χ2v) is 6.65. The Balaban J connectivity index is 1.97. The average molecular weight is 341 g/mol. The first-order chi connectivity index (χ1) is 12.1. The molecule has 25 heavy (non-hydrogen) atoms. The Morgan fingerprint density at radius 2 is 2.04 bits per heavy atom. The molecule has 3 rings (SSSR count). The first-order valence-corrected chi connectivity index (χ1v) is 8.59. The highest BCUT2D eigenvalue weighted by Gasteiger charge is 2.26. The van der Waals surface area contributed by atoms with Crippen LogP contribution in [0, 0.1) is 5.92 Å². The van der Waals surface area contributed by atoms with Gasteiger partial charge in [-0.2, -0.15) is 0 Å². The molecule has 132 valence electrons. The molecule has 0 radical (unpaired) electrons. The zero-order valence-corrected chi connectivity index (χ0v) is 14.3. The molecule has 7 nitrogen and oxygen atoms in total. The Hall–Kier alpha value is -2.50. The van der Waals surface area contributed by atoms with Gasteiger partial charge in [0, 0.05) is 29.6 Å². The summed E-state index contributed by atoms with van der Waals surface area (Å²) in [4.78, 5) is 15.5. The fraction of sp³-hybridized carbons (Fsp3) is 0.500. The summed E-state index contributed by atoms with van der Waals surface area (Å²) < 4.78 is 6.97. The van der Waals surface area contributed by atoms with Gasteiger partial charge in [-0.3, -0.25) is 4.79 Å². The molecule has 1 aliphatic rings. The van der Waals surface area contributed by atoms with Crippen LogP contribution in [0.15, 0.2) is 40.2 Å². The predicted octanol–water partition coefficient (Wildman–Crippen LogP) is 3.21. The van der Waals surface area contributed by atoms with Crippen LogP contribution in [0.1, 0.15) is 25.7 Å². The first-order valence-electron chi connectivity index (χ1n) is 8.59. The smallest absolute Gasteiger partial charge is 0.251 e. The van der Waals surface area contributed by atoms with E-state index in [0.717, 1.165) is 36.6 Å². The van der Waals surface area contributed by atoms with Crippen LogP contribution < -0.4 is 16.0 Å². The normalized spacial score (nSPS) is 21.5. The molecule has 0 unspecified atom stereocenters. The number of benzene rings is 1. The van der Waals surface area contributed by atoms with E-state index in [1.54, 1.807) is 23.8 Å². The number of nitrogens with two attached hydrogens (primary N) is 1. The zero-order valence-electron chi connectivity index (χ0n) is 14.3. The van der Waals surface area contributed by atoms with E-state index in [2.05, 4.69) is 10.0 Å². The van der Waals surface area contributed by atoms with Crippen molar-refractivity contribution in [2.24, 2.45) is 16.8 Å². The number of hydrogen-bond donors (Lipinski definition) is 1. The van der Waals surface area contributed by atoms with Gasteiger partial charge in [-0.15, -0.1) is 0 Å². The third kappa shape index (κ3) is 3.78. The second-order valence-electron chi connectivity index (χ2n) is 6.65. The number of aromatic nitrogens is 1. The molecule has 0 amide bonds. The molecule has 1 fully saturated rings. The van der Waals surface area contributed by atoms with Crippen LogP contribution in [0.25, 0.3) is 21.3 Å². The van der Waals surface area contributed by atoms with Crippen molar-refractivity contribution in [3.8, 4) is 5.75 Å². The summed E-state index contributed by atoms with van der Waals surface area (Å²) in [5.74, 6) is 0.944. The summed E-state index contributed by atoms with van der Waals surface area (Å²) in [5.41, 5.74) is 15.7. The SMILES string of the molecule is COc1ccc2ccc(=O)n(C[C@H](N=[N+]=[N-])C3CCC(N)CC3)c2c1. The van der Waals surface area contributed by atoms with Crippen molar-refractivity contribution in [2.75, 3.05) is 7.11 Å². The fourth-order valence-corrected chi connectivity index (χ4v) is 3.65. The molecule has 1 aromatic heterocycles. The standard InChI is InChI=1S/C18H23N5O2/c1-25-15-8-4-13-5-9-18(24)23(17(13)10-15)11-16(21-22-20)12-2-6-14(19)7-3-12/h4-5,8-10,12,14,16H,2-3,6-7,11,19H2,1H3/t12?,14?,16-/m0/s1. The summed E-state index contributed by atoms with van der Waals surface area (Å²) in [6.45, 7) is 0.368. The quantitative estimate of drug-likeness (QED) is 0.512. The monoisotopic (exact) mass is 341 g/mol. The molecule has 7 heteroatoms. The molecule has 2 N–H and O–H groups in total. The Labute approximate surface area is 146 Å². The summed E-state index contributed by atoms with van der Waals surface area (Å²) in [6, 6.07) is 8.96. The van der Waals surface area contributed by atoms with Gasteiger partial charge < -0.3 is 15.0 Å². The largest absolute Gasteiger partial charge is 0.497 e. The van der Waals surface area contributed by atoms with Crippen molar-refractivity contribution in [2.45, 2.75) is 44.3 Å². The number of hydrogen-bond acceptors (Lipinski definition) is 4. The number of ether oxygens (including phenoxy) is 1. The zero-order chi connectivity index (χ0) is 17.8. The minimum Gasteiger partial charge on any atom is -0.497 e. The van der Waals surface area contributed by atoms with Crippen molar-refractivity contribution in [1.29, 1.82) is 0 Å². The van der Waals surface area contributed by atoms with E-state index >= 15 is 0 Å². The molecule has 1 saturated carbocycles. The van der Waals surface area contributed by atoms with Crippen LogP contribution in [0.5, 0.6) is 5.75 Å². The fourth-order valence-electron chi connectivity index (χ4n) is 3.65. The van der Waals surface area contributed by atoms with Gasteiger partial charge in [-0.25, -0.2) is 0 Å². The van der Waals surface area contributed by atoms with Crippen LogP contribution in [-0.4, -0.2) is 23.8 Å². The lowest BCUT2D eigenvalue weighted by molar-refractivity contribution is 0.266. The highest BCUT2D eigenvalue weighted by atomic mass is 16.5. The van der Waals surface area contributed by atoms with Crippen molar-refractivity contribution >= 4 is 10.9 Å². The van der Waals surface area contributed by atoms with Crippen molar-refractivity contribution in [3.63, 3.8) is 0 Å². The molecule has 0 saturated heterocycles. The van der Waals surface area contributed by atoms with Gasteiger partial charge in [0.05, 0.1) is 18.7 Å². The molecular formula is C18H23N5O2. The van der Waals surface area contributed by atoms with Crippen molar-refractivity contribution < 1.29 is 4.74 Å². The summed E-state index contributed by atoms with van der Waals surface area (Å²) in [6.07, 6.45) is 3.71. The first kappa shape index (κ1) is 17.3. The van der Waals surface area contributed by atoms with Crippen LogP contribution >= 0.6 is 0 Å². The number of pyridine rings is 1. The molecule has 0 bridgehead atoms. The van der Waals surface area contributed by atoms with Crippen molar-refractivity contribution in [1.82, 2.24) is 4.57 Å². The Morgan fingerprint density at radius 1 is 1.32 bits per heavy atom. The van der Waals surface area contributed by atoms with E-state index in [4.69, 9.17) is 16.0 Å². The Morgan fingerprint density at radius 3 is 2.72 bits per heavy atom. The summed E-state index contributed by atoms with van der Waals surface area (Å²) in [5, 5.41) is 4.96. The minimum atomic E-state index is -0.257. The second kappa shape index (κ2) is 7.59. The lowest BCUT2D eigenvalue weighted by Crippen LogP contribution is -2.35.